The maximum Gasteiger partial charge on any atom is 0.338 e. The second-order valence-electron chi connectivity index (χ2n) is 8.16. The molecule has 1 amide bonds. The van der Waals surface area contributed by atoms with Crippen LogP contribution in [0, 0.1) is 19.7 Å². The molecule has 1 N–H and O–H groups in total. The van der Waals surface area contributed by atoms with Crippen LogP contribution in [0.1, 0.15) is 43.0 Å². The van der Waals surface area contributed by atoms with Crippen molar-refractivity contribution >= 4 is 34.5 Å². The van der Waals surface area contributed by atoms with E-state index in [9.17, 15) is 14.0 Å². The van der Waals surface area contributed by atoms with Crippen molar-refractivity contribution in [2.75, 3.05) is 11.9 Å². The van der Waals surface area contributed by atoms with Crippen LogP contribution < -0.4 is 5.32 Å². The summed E-state index contributed by atoms with van der Waals surface area (Å²) in [5.74, 6) is -1.21. The van der Waals surface area contributed by atoms with E-state index in [1.165, 1.54) is 17.8 Å². The minimum atomic E-state index is -0.789. The Bertz CT molecular complexity index is 1250. The van der Waals surface area contributed by atoms with E-state index in [0.29, 0.717) is 27.8 Å². The van der Waals surface area contributed by atoms with Crippen LogP contribution in [0.25, 0.3) is 0 Å². The zero-order valence-corrected chi connectivity index (χ0v) is 20.3. The molecule has 0 bridgehead atoms. The Balaban J connectivity index is 1.66. The predicted octanol–water partition coefficient (Wildman–Crippen LogP) is 5.61. The SMILES string of the molecule is CCOC(=O)C1=C(C)N=C2SC=C(CC(=O)Nc3ccc(C)c(C)c3)N2[C@@H]1c1ccccc1F. The second kappa shape index (κ2) is 9.85. The van der Waals surface area contributed by atoms with Crippen molar-refractivity contribution in [2.24, 2.45) is 4.99 Å². The van der Waals surface area contributed by atoms with Crippen LogP contribution in [-0.2, 0) is 14.3 Å². The maximum atomic E-state index is 15.0. The van der Waals surface area contributed by atoms with E-state index in [0.717, 1.165) is 11.1 Å². The predicted molar refractivity (Wildman–Crippen MR) is 133 cm³/mol. The topological polar surface area (TPSA) is 71.0 Å². The van der Waals surface area contributed by atoms with Gasteiger partial charge in [0.05, 0.1) is 30.3 Å². The number of benzene rings is 2. The second-order valence-corrected chi connectivity index (χ2v) is 9.00. The van der Waals surface area contributed by atoms with Gasteiger partial charge in [0.1, 0.15) is 5.82 Å². The number of anilines is 1. The molecule has 0 saturated carbocycles. The largest absolute Gasteiger partial charge is 0.463 e. The number of hydrogen-bond acceptors (Lipinski definition) is 6. The molecule has 2 aromatic rings. The molecule has 0 aromatic heterocycles. The fourth-order valence-electron chi connectivity index (χ4n) is 4.02. The lowest BCUT2D eigenvalue weighted by molar-refractivity contribution is -0.139. The summed E-state index contributed by atoms with van der Waals surface area (Å²) < 4.78 is 20.3. The van der Waals surface area contributed by atoms with Crippen molar-refractivity contribution in [1.29, 1.82) is 0 Å². The van der Waals surface area contributed by atoms with Gasteiger partial charge in [0.2, 0.25) is 5.91 Å². The van der Waals surface area contributed by atoms with Gasteiger partial charge < -0.3 is 15.0 Å². The number of fused-ring (bicyclic) bond motifs is 1. The molecule has 0 fully saturated rings. The van der Waals surface area contributed by atoms with Crippen molar-refractivity contribution in [1.82, 2.24) is 4.90 Å². The van der Waals surface area contributed by atoms with Gasteiger partial charge in [-0.05, 0) is 62.4 Å². The summed E-state index contributed by atoms with van der Waals surface area (Å²) in [6.07, 6.45) is 0.0407. The first-order chi connectivity index (χ1) is 16.3. The lowest BCUT2D eigenvalue weighted by atomic mass is 9.93. The number of thioether (sulfide) groups is 1. The van der Waals surface area contributed by atoms with E-state index in [1.54, 1.807) is 36.9 Å². The first-order valence-electron chi connectivity index (χ1n) is 11.0. The van der Waals surface area contributed by atoms with E-state index in [4.69, 9.17) is 4.74 Å². The molecular weight excluding hydrogens is 453 g/mol. The molecule has 0 unspecified atom stereocenters. The molecule has 0 saturated heterocycles. The van der Waals surface area contributed by atoms with Gasteiger partial charge in [0.25, 0.3) is 0 Å². The maximum absolute atomic E-state index is 15.0. The summed E-state index contributed by atoms with van der Waals surface area (Å²) in [5.41, 5.74) is 4.62. The highest BCUT2D eigenvalue weighted by Crippen LogP contribution is 2.45. The number of rotatable bonds is 6. The highest BCUT2D eigenvalue weighted by atomic mass is 32.2. The Morgan fingerprint density at radius 1 is 1.15 bits per heavy atom. The van der Waals surface area contributed by atoms with Gasteiger partial charge in [-0.1, -0.05) is 36.0 Å². The standard InChI is InChI=1S/C26H26FN3O3S/c1-5-33-25(32)23-17(4)28-26-30(24(23)20-8-6-7-9-21(20)27)19(14-34-26)13-22(31)29-18-11-10-15(2)16(3)12-18/h6-12,14,24H,5,13H2,1-4H3,(H,29,31)/t24-/m1/s1. The molecule has 2 aromatic carbocycles. The van der Waals surface area contributed by atoms with Gasteiger partial charge in [0.15, 0.2) is 5.17 Å². The van der Waals surface area contributed by atoms with E-state index >= 15 is 0 Å². The van der Waals surface area contributed by atoms with Gasteiger partial charge in [-0.15, -0.1) is 0 Å². The first kappa shape index (κ1) is 23.8. The van der Waals surface area contributed by atoms with Crippen LogP contribution in [0.15, 0.2) is 69.8 Å². The number of amides is 1. The zero-order valence-electron chi connectivity index (χ0n) is 19.5. The third-order valence-corrected chi connectivity index (χ3v) is 6.72. The number of amidine groups is 1. The summed E-state index contributed by atoms with van der Waals surface area (Å²) in [6.45, 7) is 7.62. The third kappa shape index (κ3) is 4.63. The van der Waals surface area contributed by atoms with Gasteiger partial charge in [-0.25, -0.2) is 14.2 Å². The minimum Gasteiger partial charge on any atom is -0.463 e. The zero-order chi connectivity index (χ0) is 24.4. The molecule has 6 nitrogen and oxygen atoms in total. The summed E-state index contributed by atoms with van der Waals surface area (Å²) >= 11 is 1.35. The summed E-state index contributed by atoms with van der Waals surface area (Å²) in [7, 11) is 0. The molecule has 1 atom stereocenters. The number of ether oxygens (including phenoxy) is 1. The van der Waals surface area contributed by atoms with E-state index in [2.05, 4.69) is 10.3 Å². The molecule has 176 valence electrons. The summed E-state index contributed by atoms with van der Waals surface area (Å²) in [6, 6.07) is 11.3. The van der Waals surface area contributed by atoms with Crippen molar-refractivity contribution < 1.29 is 18.7 Å². The molecule has 2 heterocycles. The summed E-state index contributed by atoms with van der Waals surface area (Å²) in [4.78, 5) is 32.2. The number of aryl methyl sites for hydroxylation is 2. The van der Waals surface area contributed by atoms with Crippen molar-refractivity contribution in [3.63, 3.8) is 0 Å². The number of nitrogens with zero attached hydrogens (tertiary/aromatic N) is 2. The number of halogens is 1. The average molecular weight is 480 g/mol. The Labute approximate surface area is 202 Å². The quantitative estimate of drug-likeness (QED) is 0.546. The molecule has 0 radical (unpaired) electrons. The van der Waals surface area contributed by atoms with E-state index < -0.39 is 17.8 Å². The van der Waals surface area contributed by atoms with Crippen molar-refractivity contribution in [3.8, 4) is 0 Å². The monoisotopic (exact) mass is 479 g/mol. The molecule has 4 rings (SSSR count). The molecular formula is C26H26FN3O3S. The van der Waals surface area contributed by atoms with Crippen LogP contribution >= 0.6 is 11.8 Å². The van der Waals surface area contributed by atoms with Crippen LogP contribution in [0.4, 0.5) is 10.1 Å². The highest BCUT2D eigenvalue weighted by molar-refractivity contribution is 8.16. The fourth-order valence-corrected chi connectivity index (χ4v) is 4.98. The van der Waals surface area contributed by atoms with Gasteiger partial charge in [-0.3, -0.25) is 4.79 Å². The number of nitrogens with one attached hydrogen (secondary N) is 1. The van der Waals surface area contributed by atoms with Crippen LogP contribution in [0.3, 0.4) is 0 Å². The Kier molecular flexibility index (Phi) is 6.88. The Morgan fingerprint density at radius 3 is 2.62 bits per heavy atom. The average Bonchev–Trinajstić information content (AvgIpc) is 3.17. The van der Waals surface area contributed by atoms with Gasteiger partial charge in [-0.2, -0.15) is 0 Å². The van der Waals surface area contributed by atoms with E-state index in [-0.39, 0.29) is 24.5 Å². The Morgan fingerprint density at radius 2 is 1.91 bits per heavy atom. The molecule has 0 aliphatic carbocycles. The molecule has 2 aliphatic heterocycles. The van der Waals surface area contributed by atoms with Crippen LogP contribution in [-0.4, -0.2) is 28.6 Å². The lowest BCUT2D eigenvalue weighted by Crippen LogP contribution is -2.38. The number of carbonyl (C=O) groups excluding carboxylic acids is 2. The number of carbonyl (C=O) groups is 2. The van der Waals surface area contributed by atoms with Crippen LogP contribution in [0.2, 0.25) is 0 Å². The van der Waals surface area contributed by atoms with Crippen molar-refractivity contribution in [2.45, 2.75) is 40.2 Å². The third-order valence-electron chi connectivity index (χ3n) is 5.83. The fraction of sp³-hybridized carbons (Fsp3) is 0.269. The normalized spacial score (nSPS) is 17.2. The Hall–Kier alpha value is -3.39. The molecule has 0 spiro atoms. The number of aliphatic imine (C=N–C) groups is 1. The van der Waals surface area contributed by atoms with Gasteiger partial charge in [0, 0.05) is 16.9 Å². The van der Waals surface area contributed by atoms with Gasteiger partial charge >= 0.3 is 5.97 Å². The molecule has 8 heteroatoms. The molecule has 34 heavy (non-hydrogen) atoms. The number of allylic oxidation sites excluding steroid dienone is 1. The molecule has 2 aliphatic rings. The number of hydrogen-bond donors (Lipinski definition) is 1. The van der Waals surface area contributed by atoms with E-state index in [1.807, 2.05) is 37.5 Å². The lowest BCUT2D eigenvalue weighted by Gasteiger charge is -2.36. The minimum absolute atomic E-state index is 0.0407. The van der Waals surface area contributed by atoms with Crippen LogP contribution in [0.5, 0.6) is 0 Å². The highest BCUT2D eigenvalue weighted by Gasteiger charge is 2.42. The first-order valence-corrected chi connectivity index (χ1v) is 11.9. The smallest absolute Gasteiger partial charge is 0.338 e. The number of esters is 1. The van der Waals surface area contributed by atoms with Crippen molar-refractivity contribution in [3.05, 3.63) is 87.3 Å². The summed E-state index contributed by atoms with van der Waals surface area (Å²) in [5, 5.41) is 5.35.